The molecule has 2 rings (SSSR count). The summed E-state index contributed by atoms with van der Waals surface area (Å²) in [5.74, 6) is -0.454. The monoisotopic (exact) mass is 221 g/mol. The van der Waals surface area contributed by atoms with Gasteiger partial charge in [0.25, 0.3) is 17.4 Å². The third-order valence-electron chi connectivity index (χ3n) is 1.65. The molecule has 82 valence electrons. The molecule has 0 aliphatic carbocycles. The van der Waals surface area contributed by atoms with Gasteiger partial charge in [-0.15, -0.1) is 5.10 Å². The van der Waals surface area contributed by atoms with Gasteiger partial charge >= 0.3 is 0 Å². The molecule has 0 saturated carbocycles. The SMILES string of the molecule is Cn1nnc(NC(=O)c2ccc(=O)[nH]n2)n1. The predicted octanol–water partition coefficient (Wildman–Crippen LogP) is -1.45. The Bertz CT molecular complexity index is 552. The van der Waals surface area contributed by atoms with Crippen molar-refractivity contribution in [3.8, 4) is 0 Å². The number of H-pyrrole nitrogens is 1. The Balaban J connectivity index is 2.14. The average molecular weight is 221 g/mol. The molecule has 0 fully saturated rings. The van der Waals surface area contributed by atoms with Crippen LogP contribution in [-0.2, 0) is 7.05 Å². The molecule has 0 saturated heterocycles. The molecular weight excluding hydrogens is 214 g/mol. The van der Waals surface area contributed by atoms with Crippen molar-refractivity contribution in [2.45, 2.75) is 0 Å². The van der Waals surface area contributed by atoms with Gasteiger partial charge < -0.3 is 0 Å². The lowest BCUT2D eigenvalue weighted by Crippen LogP contribution is -2.18. The minimum atomic E-state index is -0.524. The van der Waals surface area contributed by atoms with Crippen LogP contribution < -0.4 is 10.9 Å². The first-order valence-corrected chi connectivity index (χ1v) is 4.26. The number of aromatic amines is 1. The number of carbonyl (C=O) groups excluding carboxylic acids is 1. The number of aromatic nitrogens is 6. The van der Waals surface area contributed by atoms with Gasteiger partial charge in [0.15, 0.2) is 0 Å². The topological polar surface area (TPSA) is 118 Å². The summed E-state index contributed by atoms with van der Waals surface area (Å²) in [6.07, 6.45) is 0. The van der Waals surface area contributed by atoms with E-state index in [4.69, 9.17) is 0 Å². The second-order valence-electron chi connectivity index (χ2n) is 2.86. The fourth-order valence-corrected chi connectivity index (χ4v) is 0.971. The molecule has 0 radical (unpaired) electrons. The van der Waals surface area contributed by atoms with Crippen molar-refractivity contribution in [1.29, 1.82) is 0 Å². The zero-order valence-corrected chi connectivity index (χ0v) is 8.21. The number of hydrogen-bond acceptors (Lipinski definition) is 6. The maximum atomic E-state index is 11.5. The van der Waals surface area contributed by atoms with Crippen LogP contribution in [0.5, 0.6) is 0 Å². The Kier molecular flexibility index (Phi) is 2.42. The molecule has 0 aliphatic heterocycles. The van der Waals surface area contributed by atoms with E-state index in [0.29, 0.717) is 0 Å². The van der Waals surface area contributed by atoms with Gasteiger partial charge in [0.1, 0.15) is 5.69 Å². The largest absolute Gasteiger partial charge is 0.286 e. The highest BCUT2D eigenvalue weighted by Gasteiger charge is 2.10. The van der Waals surface area contributed by atoms with Gasteiger partial charge in [0.05, 0.1) is 7.05 Å². The third kappa shape index (κ3) is 2.08. The lowest BCUT2D eigenvalue weighted by molar-refractivity contribution is 0.102. The van der Waals surface area contributed by atoms with E-state index in [1.54, 1.807) is 7.05 Å². The second kappa shape index (κ2) is 3.88. The van der Waals surface area contributed by atoms with E-state index in [-0.39, 0.29) is 17.2 Å². The lowest BCUT2D eigenvalue weighted by Gasteiger charge is -1.97. The Morgan fingerprint density at radius 1 is 1.50 bits per heavy atom. The summed E-state index contributed by atoms with van der Waals surface area (Å²) >= 11 is 0. The van der Waals surface area contributed by atoms with Gasteiger partial charge in [-0.3, -0.25) is 14.9 Å². The molecular formula is C7H7N7O2. The molecule has 0 aliphatic rings. The van der Waals surface area contributed by atoms with Crippen LogP contribution in [0, 0.1) is 0 Å². The van der Waals surface area contributed by atoms with E-state index in [0.717, 1.165) is 0 Å². The normalized spacial score (nSPS) is 10.1. The van der Waals surface area contributed by atoms with Crippen molar-refractivity contribution in [2.75, 3.05) is 5.32 Å². The maximum Gasteiger partial charge on any atom is 0.278 e. The molecule has 1 amide bonds. The Labute approximate surface area is 88.5 Å². The minimum Gasteiger partial charge on any atom is -0.286 e. The minimum absolute atomic E-state index is 0.0621. The number of tetrazole rings is 1. The molecule has 2 aromatic rings. The summed E-state index contributed by atoms with van der Waals surface area (Å²) in [5.41, 5.74) is -0.318. The van der Waals surface area contributed by atoms with Gasteiger partial charge in [-0.2, -0.15) is 9.90 Å². The van der Waals surface area contributed by atoms with E-state index < -0.39 is 5.91 Å². The van der Waals surface area contributed by atoms with E-state index in [2.05, 4.69) is 30.9 Å². The Hall–Kier alpha value is -2.58. The van der Waals surface area contributed by atoms with Crippen molar-refractivity contribution >= 4 is 11.9 Å². The summed E-state index contributed by atoms with van der Waals surface area (Å²) < 4.78 is 0. The molecule has 2 aromatic heterocycles. The average Bonchev–Trinajstić information content (AvgIpc) is 2.65. The number of carbonyl (C=O) groups is 1. The van der Waals surface area contributed by atoms with Gasteiger partial charge in [-0.1, -0.05) is 5.10 Å². The van der Waals surface area contributed by atoms with Crippen LogP contribution in [0.25, 0.3) is 0 Å². The van der Waals surface area contributed by atoms with Crippen LogP contribution >= 0.6 is 0 Å². The molecule has 2 heterocycles. The van der Waals surface area contributed by atoms with Crippen LogP contribution in [0.4, 0.5) is 5.95 Å². The summed E-state index contributed by atoms with van der Waals surface area (Å²) in [4.78, 5) is 23.4. The van der Waals surface area contributed by atoms with E-state index in [1.165, 1.54) is 16.9 Å². The molecule has 0 atom stereocenters. The van der Waals surface area contributed by atoms with Crippen LogP contribution in [0.15, 0.2) is 16.9 Å². The molecule has 0 bridgehead atoms. The van der Waals surface area contributed by atoms with E-state index in [1.807, 2.05) is 0 Å². The summed E-state index contributed by atoms with van der Waals surface area (Å²) in [5, 5.41) is 18.9. The van der Waals surface area contributed by atoms with Crippen LogP contribution in [0.1, 0.15) is 10.5 Å². The van der Waals surface area contributed by atoms with E-state index >= 15 is 0 Å². The smallest absolute Gasteiger partial charge is 0.278 e. The second-order valence-corrected chi connectivity index (χ2v) is 2.86. The number of amides is 1. The van der Waals surface area contributed by atoms with E-state index in [9.17, 15) is 9.59 Å². The quantitative estimate of drug-likeness (QED) is 0.640. The van der Waals surface area contributed by atoms with Crippen LogP contribution in [0.3, 0.4) is 0 Å². The highest BCUT2D eigenvalue weighted by Crippen LogP contribution is 1.97. The summed E-state index contributed by atoms with van der Waals surface area (Å²) in [6, 6.07) is 2.50. The molecule has 2 N–H and O–H groups in total. The van der Waals surface area contributed by atoms with Crippen LogP contribution in [-0.4, -0.2) is 36.3 Å². The van der Waals surface area contributed by atoms with Crippen molar-refractivity contribution in [3.05, 3.63) is 28.2 Å². The lowest BCUT2D eigenvalue weighted by atomic mass is 10.4. The molecule has 0 unspecified atom stereocenters. The number of anilines is 1. The third-order valence-corrected chi connectivity index (χ3v) is 1.65. The summed E-state index contributed by atoms with van der Waals surface area (Å²) in [7, 11) is 1.57. The van der Waals surface area contributed by atoms with Gasteiger partial charge in [-0.25, -0.2) is 5.10 Å². The van der Waals surface area contributed by atoms with Crippen molar-refractivity contribution < 1.29 is 4.79 Å². The first-order valence-electron chi connectivity index (χ1n) is 4.26. The number of nitrogens with zero attached hydrogens (tertiary/aromatic N) is 5. The van der Waals surface area contributed by atoms with Gasteiger partial charge in [0, 0.05) is 6.07 Å². The Morgan fingerprint density at radius 2 is 2.31 bits per heavy atom. The fraction of sp³-hybridized carbons (Fsp3) is 0.143. The Morgan fingerprint density at radius 3 is 2.88 bits per heavy atom. The molecule has 0 spiro atoms. The van der Waals surface area contributed by atoms with Crippen LogP contribution in [0.2, 0.25) is 0 Å². The summed E-state index contributed by atoms with van der Waals surface area (Å²) in [6.45, 7) is 0. The van der Waals surface area contributed by atoms with Gasteiger partial charge in [-0.05, 0) is 11.3 Å². The molecule has 9 heteroatoms. The molecule has 16 heavy (non-hydrogen) atoms. The van der Waals surface area contributed by atoms with Crippen molar-refractivity contribution in [2.24, 2.45) is 7.05 Å². The first-order chi connectivity index (χ1) is 7.65. The molecule has 0 aromatic carbocycles. The van der Waals surface area contributed by atoms with Gasteiger partial charge in [0.2, 0.25) is 0 Å². The predicted molar refractivity (Wildman–Crippen MR) is 51.6 cm³/mol. The highest BCUT2D eigenvalue weighted by atomic mass is 16.2. The number of nitrogens with one attached hydrogen (secondary N) is 2. The van der Waals surface area contributed by atoms with Crippen molar-refractivity contribution in [3.63, 3.8) is 0 Å². The first kappa shape index (κ1) is 9.96. The number of aryl methyl sites for hydroxylation is 1. The fourth-order valence-electron chi connectivity index (χ4n) is 0.971. The van der Waals surface area contributed by atoms with Crippen molar-refractivity contribution in [1.82, 2.24) is 30.4 Å². The number of hydrogen-bond donors (Lipinski definition) is 2. The standard InChI is InChI=1S/C7H7N7O2/c1-14-12-7(11-13-14)8-6(16)4-2-3-5(15)10-9-4/h2-3H,1H3,(H,10,15)(H,8,12,16). The zero-order valence-electron chi connectivity index (χ0n) is 8.21. The molecule has 9 nitrogen and oxygen atoms in total. The highest BCUT2D eigenvalue weighted by molar-refractivity contribution is 6.01. The maximum absolute atomic E-state index is 11.5. The zero-order chi connectivity index (χ0) is 11.5. The number of rotatable bonds is 2.